The maximum Gasteiger partial charge on any atom is 0.331 e. The predicted molar refractivity (Wildman–Crippen MR) is 117 cm³/mol. The Kier molecular flexibility index (Phi) is 5.65. The number of imide groups is 2. The van der Waals surface area contributed by atoms with Crippen LogP contribution in [-0.2, 0) is 16.0 Å². The number of hydrogen-bond acceptors (Lipinski definition) is 4. The molecule has 3 saturated heterocycles. The van der Waals surface area contributed by atoms with Gasteiger partial charge in [0.1, 0.15) is 5.57 Å². The van der Waals surface area contributed by atoms with E-state index in [4.69, 9.17) is 0 Å². The molecule has 0 aromatic heterocycles. The van der Waals surface area contributed by atoms with Crippen molar-refractivity contribution in [3.63, 3.8) is 0 Å². The van der Waals surface area contributed by atoms with Crippen LogP contribution in [0.5, 0.6) is 0 Å². The van der Waals surface area contributed by atoms with Crippen LogP contribution >= 0.6 is 0 Å². The summed E-state index contributed by atoms with van der Waals surface area (Å²) < 4.78 is 0. The smallest absolute Gasteiger partial charge is 0.300 e. The number of barbiturate groups is 1. The van der Waals surface area contributed by atoms with E-state index in [-0.39, 0.29) is 18.0 Å². The Labute approximate surface area is 183 Å². The van der Waals surface area contributed by atoms with Crippen molar-refractivity contribution >= 4 is 17.8 Å². The molecule has 2 unspecified atom stereocenters. The van der Waals surface area contributed by atoms with E-state index in [1.165, 1.54) is 43.7 Å². The molecule has 6 heteroatoms. The number of hydrogen-bond donors (Lipinski definition) is 1. The second-order valence-corrected chi connectivity index (χ2v) is 9.59. The number of amides is 4. The third-order valence-corrected chi connectivity index (χ3v) is 7.69. The summed E-state index contributed by atoms with van der Waals surface area (Å²) in [6.45, 7) is 2.72. The predicted octanol–water partition coefficient (Wildman–Crippen LogP) is 3.13. The molecule has 4 amide bonds. The average Bonchev–Trinajstić information content (AvgIpc) is 2.77. The standard InChI is InChI=1S/C25H31N3O3/c29-23-21(24(30)28(25(31)26-23)13-10-17-6-2-1-3-7-17)16-18-14-19-8-4-11-27-12-5-9-20(15-18)22(19)27/h1-3,6-7,16,18-20,22H,4-5,8-15H2,(H,26,29,31)/b21-16+. The molecule has 31 heavy (non-hydrogen) atoms. The molecule has 0 radical (unpaired) electrons. The first-order chi connectivity index (χ1) is 15.1. The quantitative estimate of drug-likeness (QED) is 0.599. The highest BCUT2D eigenvalue weighted by Crippen LogP contribution is 2.46. The van der Waals surface area contributed by atoms with Gasteiger partial charge in [0.15, 0.2) is 0 Å². The van der Waals surface area contributed by atoms with Gasteiger partial charge in [0, 0.05) is 12.6 Å². The number of nitrogens with one attached hydrogen (secondary N) is 1. The Morgan fingerprint density at radius 2 is 1.65 bits per heavy atom. The van der Waals surface area contributed by atoms with Crippen molar-refractivity contribution in [2.75, 3.05) is 19.6 Å². The molecule has 1 saturated carbocycles. The molecule has 2 atom stereocenters. The van der Waals surface area contributed by atoms with E-state index in [1.807, 2.05) is 36.4 Å². The molecule has 4 aliphatic rings. The van der Waals surface area contributed by atoms with Crippen LogP contribution in [0.2, 0.25) is 0 Å². The van der Waals surface area contributed by atoms with E-state index < -0.39 is 17.8 Å². The lowest BCUT2D eigenvalue weighted by Gasteiger charge is -2.53. The van der Waals surface area contributed by atoms with Crippen molar-refractivity contribution in [3.8, 4) is 0 Å². The number of nitrogens with zero attached hydrogens (tertiary/aromatic N) is 2. The lowest BCUT2D eigenvalue weighted by molar-refractivity contribution is -0.130. The van der Waals surface area contributed by atoms with Gasteiger partial charge < -0.3 is 0 Å². The van der Waals surface area contributed by atoms with Gasteiger partial charge in [0.05, 0.1) is 0 Å². The fourth-order valence-electron chi connectivity index (χ4n) is 6.41. The Bertz CT molecular complexity index is 877. The van der Waals surface area contributed by atoms with Gasteiger partial charge >= 0.3 is 6.03 Å². The molecule has 1 aromatic rings. The zero-order valence-corrected chi connectivity index (χ0v) is 18.0. The Hall–Kier alpha value is -2.47. The Morgan fingerprint density at radius 1 is 0.968 bits per heavy atom. The topological polar surface area (TPSA) is 69.7 Å². The minimum absolute atomic E-state index is 0.152. The van der Waals surface area contributed by atoms with Gasteiger partial charge in [0.25, 0.3) is 11.8 Å². The SMILES string of the molecule is O=C1NC(=O)N(CCc2ccccc2)C(=O)/C1=C/C1CC2CCCN3CCCC(C1)C23. The lowest BCUT2D eigenvalue weighted by atomic mass is 9.65. The first-order valence-corrected chi connectivity index (χ1v) is 11.8. The summed E-state index contributed by atoms with van der Waals surface area (Å²) >= 11 is 0. The van der Waals surface area contributed by atoms with Crippen LogP contribution in [0.25, 0.3) is 0 Å². The average molecular weight is 422 g/mol. The molecule has 5 rings (SSSR count). The molecule has 1 aliphatic carbocycles. The zero-order chi connectivity index (χ0) is 21.4. The van der Waals surface area contributed by atoms with E-state index in [0.29, 0.717) is 24.3 Å². The summed E-state index contributed by atoms with van der Waals surface area (Å²) in [5.41, 5.74) is 1.21. The molecular formula is C25H31N3O3. The number of piperidine rings is 2. The van der Waals surface area contributed by atoms with Crippen molar-refractivity contribution in [2.45, 2.75) is 51.0 Å². The van der Waals surface area contributed by atoms with Gasteiger partial charge in [-0.25, -0.2) is 4.79 Å². The fourth-order valence-corrected chi connectivity index (χ4v) is 6.41. The fraction of sp³-hybridized carbons (Fsp3) is 0.560. The second-order valence-electron chi connectivity index (χ2n) is 9.59. The molecule has 1 N–H and O–H groups in total. The summed E-state index contributed by atoms with van der Waals surface area (Å²) in [4.78, 5) is 41.9. The maximum atomic E-state index is 13.1. The highest BCUT2D eigenvalue weighted by molar-refractivity contribution is 6.28. The van der Waals surface area contributed by atoms with E-state index in [1.54, 1.807) is 0 Å². The molecule has 3 aliphatic heterocycles. The van der Waals surface area contributed by atoms with E-state index in [9.17, 15) is 14.4 Å². The first kappa shape index (κ1) is 20.4. The summed E-state index contributed by atoms with van der Waals surface area (Å²) in [5, 5.41) is 2.39. The van der Waals surface area contributed by atoms with Crippen molar-refractivity contribution in [1.29, 1.82) is 0 Å². The van der Waals surface area contributed by atoms with Crippen LogP contribution in [0.1, 0.15) is 44.1 Å². The van der Waals surface area contributed by atoms with Gasteiger partial charge in [-0.1, -0.05) is 36.4 Å². The molecule has 0 spiro atoms. The Balaban J connectivity index is 1.31. The first-order valence-electron chi connectivity index (χ1n) is 11.8. The number of carbonyl (C=O) groups excluding carboxylic acids is 3. The van der Waals surface area contributed by atoms with Gasteiger partial charge in [-0.3, -0.25) is 24.7 Å². The van der Waals surface area contributed by atoms with Crippen LogP contribution in [-0.4, -0.2) is 53.3 Å². The molecule has 6 nitrogen and oxygen atoms in total. The Morgan fingerprint density at radius 3 is 2.32 bits per heavy atom. The molecule has 0 bridgehead atoms. The minimum atomic E-state index is -0.609. The van der Waals surface area contributed by atoms with Crippen molar-refractivity contribution in [2.24, 2.45) is 17.8 Å². The third-order valence-electron chi connectivity index (χ3n) is 7.69. The monoisotopic (exact) mass is 421 g/mol. The molecule has 1 aromatic carbocycles. The zero-order valence-electron chi connectivity index (χ0n) is 18.0. The van der Waals surface area contributed by atoms with Gasteiger partial charge in [-0.2, -0.15) is 0 Å². The number of carbonyl (C=O) groups is 3. The van der Waals surface area contributed by atoms with Crippen LogP contribution in [0.3, 0.4) is 0 Å². The van der Waals surface area contributed by atoms with Gasteiger partial charge in [-0.15, -0.1) is 0 Å². The van der Waals surface area contributed by atoms with E-state index in [2.05, 4.69) is 10.2 Å². The third kappa shape index (κ3) is 4.05. The van der Waals surface area contributed by atoms with Crippen LogP contribution in [0.15, 0.2) is 42.0 Å². The molecular weight excluding hydrogens is 390 g/mol. The summed E-state index contributed by atoms with van der Waals surface area (Å²) in [6.07, 6.45) is 9.55. The number of rotatable bonds is 4. The van der Waals surface area contributed by atoms with Crippen molar-refractivity contribution < 1.29 is 14.4 Å². The second kappa shape index (κ2) is 8.58. The number of urea groups is 1. The maximum absolute atomic E-state index is 13.1. The van der Waals surface area contributed by atoms with E-state index >= 15 is 0 Å². The molecule has 3 heterocycles. The number of benzene rings is 1. The normalized spacial score (nSPS) is 32.7. The molecule has 164 valence electrons. The highest BCUT2D eigenvalue weighted by atomic mass is 16.2. The summed E-state index contributed by atoms with van der Waals surface area (Å²) in [5.74, 6) is 0.570. The largest absolute Gasteiger partial charge is 0.331 e. The van der Waals surface area contributed by atoms with Crippen molar-refractivity contribution in [3.05, 3.63) is 47.5 Å². The van der Waals surface area contributed by atoms with Crippen LogP contribution in [0, 0.1) is 17.8 Å². The van der Waals surface area contributed by atoms with Crippen LogP contribution < -0.4 is 5.32 Å². The van der Waals surface area contributed by atoms with Gasteiger partial charge in [0.2, 0.25) is 0 Å². The van der Waals surface area contributed by atoms with Crippen LogP contribution in [0.4, 0.5) is 4.79 Å². The van der Waals surface area contributed by atoms with Crippen molar-refractivity contribution in [1.82, 2.24) is 15.1 Å². The molecule has 4 fully saturated rings. The number of allylic oxidation sites excluding steroid dienone is 1. The minimum Gasteiger partial charge on any atom is -0.300 e. The lowest BCUT2D eigenvalue weighted by Crippen LogP contribution is -2.56. The summed E-state index contributed by atoms with van der Waals surface area (Å²) in [6, 6.07) is 9.86. The van der Waals surface area contributed by atoms with E-state index in [0.717, 1.165) is 18.4 Å². The highest BCUT2D eigenvalue weighted by Gasteiger charge is 2.44. The summed E-state index contributed by atoms with van der Waals surface area (Å²) in [7, 11) is 0. The van der Waals surface area contributed by atoms with Gasteiger partial charge in [-0.05, 0) is 81.4 Å².